The number of carbonyl (C=O) groups is 4. The van der Waals surface area contributed by atoms with Crippen LogP contribution in [-0.2, 0) is 19.1 Å². The van der Waals surface area contributed by atoms with E-state index in [1.54, 1.807) is 0 Å². The zero-order valence-corrected chi connectivity index (χ0v) is 20.2. The molecule has 2 aromatic rings. The van der Waals surface area contributed by atoms with Crippen LogP contribution in [0.25, 0.3) is 11.2 Å². The smallest absolute Gasteiger partial charge is 0.246 e. The number of hydrogen-bond donors (Lipinski definition) is 0. The summed E-state index contributed by atoms with van der Waals surface area (Å²) in [5, 5.41) is 0. The summed E-state index contributed by atoms with van der Waals surface area (Å²) in [5.41, 5.74) is -0.291. The third-order valence-corrected chi connectivity index (χ3v) is 7.57. The number of halogens is 1. The fourth-order valence-corrected chi connectivity index (χ4v) is 5.42. The number of carbonyl (C=O) groups excluding carboxylic acids is 4. The van der Waals surface area contributed by atoms with E-state index in [1.165, 1.54) is 0 Å². The second-order valence-electron chi connectivity index (χ2n) is 7.85. The molecular formula is C21H25IO9. The van der Waals surface area contributed by atoms with Crippen molar-refractivity contribution < 1.29 is 42.5 Å². The average molecular weight is 548 g/mol. The SMILES string of the molecule is COC(=O)c1c2c3oc1c(OC(=O)COC(=O)C(CCI(C)C)CC(C)C)c3OC2=O. The number of fused-ring (bicyclic) bond motifs is 1. The molecule has 0 fully saturated rings. The predicted octanol–water partition coefficient (Wildman–Crippen LogP) is 3.46. The summed E-state index contributed by atoms with van der Waals surface area (Å²) in [6.07, 6.45) is 1.43. The van der Waals surface area contributed by atoms with Gasteiger partial charge in [-0.2, -0.15) is 0 Å². The minimum atomic E-state index is -0.981. The maximum absolute atomic E-state index is 12.5. The van der Waals surface area contributed by atoms with Gasteiger partial charge in [-0.1, -0.05) is 0 Å². The standard InChI is InChI=1S/C21H25IO9/c1-10(2)8-11(6-7-22(3)4)19(24)28-9-12(23)29-17-15-13(20(25)27-5)14-16(30-15)18(17)31-21(14)26/h10-11H,6-9H2,1-5H3. The van der Waals surface area contributed by atoms with E-state index in [-0.39, 0.29) is 39.7 Å². The number of ether oxygens (including phenoxy) is 4. The maximum atomic E-state index is 12.5. The van der Waals surface area contributed by atoms with Crippen molar-refractivity contribution in [3.63, 3.8) is 0 Å². The van der Waals surface area contributed by atoms with Gasteiger partial charge < -0.3 is 4.74 Å². The van der Waals surface area contributed by atoms with Crippen molar-refractivity contribution in [3.05, 3.63) is 11.1 Å². The van der Waals surface area contributed by atoms with Crippen molar-refractivity contribution in [2.24, 2.45) is 11.8 Å². The van der Waals surface area contributed by atoms with Gasteiger partial charge >= 0.3 is 165 Å². The molecule has 31 heavy (non-hydrogen) atoms. The van der Waals surface area contributed by atoms with Crippen molar-refractivity contribution >= 4 is 54.9 Å². The first-order valence-electron chi connectivity index (χ1n) is 9.69. The summed E-state index contributed by atoms with van der Waals surface area (Å²) >= 11 is -0.981. The topological polar surface area (TPSA) is 118 Å². The Hall–Kier alpha value is -2.37. The van der Waals surface area contributed by atoms with Crippen molar-refractivity contribution in [3.8, 4) is 11.5 Å². The molecule has 10 heteroatoms. The molecule has 3 heterocycles. The molecule has 1 atom stereocenters. The quantitative estimate of drug-likeness (QED) is 0.190. The zero-order valence-electron chi connectivity index (χ0n) is 18.0. The molecule has 0 saturated heterocycles. The van der Waals surface area contributed by atoms with E-state index in [4.69, 9.17) is 18.6 Å². The van der Waals surface area contributed by atoms with Crippen molar-refractivity contribution in [2.45, 2.75) is 26.7 Å². The Morgan fingerprint density at radius 2 is 1.84 bits per heavy atom. The van der Waals surface area contributed by atoms with Crippen LogP contribution in [-0.4, -0.2) is 51.9 Å². The van der Waals surface area contributed by atoms with Crippen LogP contribution in [0.2, 0.25) is 0 Å². The van der Waals surface area contributed by atoms with E-state index in [1.807, 2.05) is 13.8 Å². The number of alkyl halides is 3. The number of furan rings is 2. The summed E-state index contributed by atoms with van der Waals surface area (Å²) in [4.78, 5) is 53.3. The zero-order chi connectivity index (χ0) is 22.9. The molecule has 0 radical (unpaired) electrons. The van der Waals surface area contributed by atoms with Gasteiger partial charge in [-0.3, -0.25) is 0 Å². The van der Waals surface area contributed by atoms with E-state index in [2.05, 4.69) is 14.6 Å². The molecule has 2 aromatic heterocycles. The Morgan fingerprint density at radius 3 is 2.45 bits per heavy atom. The van der Waals surface area contributed by atoms with E-state index < -0.39 is 50.3 Å². The van der Waals surface area contributed by atoms with Crippen LogP contribution < -0.4 is 9.47 Å². The first kappa shape index (κ1) is 23.3. The Kier molecular flexibility index (Phi) is 7.07. The number of methoxy groups -OCH3 is 1. The molecule has 170 valence electrons. The Morgan fingerprint density at radius 1 is 1.13 bits per heavy atom. The molecule has 0 amide bonds. The molecule has 1 aliphatic rings. The molecule has 3 rings (SSSR count). The first-order valence-corrected chi connectivity index (χ1v) is 15.5. The van der Waals surface area contributed by atoms with Gasteiger partial charge in [0.15, 0.2) is 0 Å². The monoisotopic (exact) mass is 548 g/mol. The van der Waals surface area contributed by atoms with Gasteiger partial charge in [0, 0.05) is 0 Å². The molecule has 0 N–H and O–H groups in total. The predicted molar refractivity (Wildman–Crippen MR) is 119 cm³/mol. The molecule has 1 aliphatic heterocycles. The average Bonchev–Trinajstić information content (AvgIpc) is 3.32. The van der Waals surface area contributed by atoms with Crippen LogP contribution in [0.4, 0.5) is 0 Å². The van der Waals surface area contributed by atoms with E-state index in [0.717, 1.165) is 18.0 Å². The summed E-state index contributed by atoms with van der Waals surface area (Å²) in [6, 6.07) is 0. The fourth-order valence-electron chi connectivity index (χ4n) is 3.42. The van der Waals surface area contributed by atoms with Crippen LogP contribution in [0.15, 0.2) is 4.42 Å². The van der Waals surface area contributed by atoms with Gasteiger partial charge in [0.25, 0.3) is 0 Å². The Labute approximate surface area is 186 Å². The summed E-state index contributed by atoms with van der Waals surface area (Å²) in [6.45, 7) is 3.46. The van der Waals surface area contributed by atoms with E-state index in [9.17, 15) is 19.2 Å². The first-order chi connectivity index (χ1) is 14.6. The van der Waals surface area contributed by atoms with Crippen LogP contribution in [0.1, 0.15) is 47.4 Å². The third kappa shape index (κ3) is 4.78. The molecule has 0 spiro atoms. The number of esters is 4. The second-order valence-corrected chi connectivity index (χ2v) is 14.1. The minimum Gasteiger partial charge on any atom is -0.246 e. The molecule has 9 nitrogen and oxygen atoms in total. The van der Waals surface area contributed by atoms with Gasteiger partial charge in [-0.15, -0.1) is 0 Å². The van der Waals surface area contributed by atoms with Crippen molar-refractivity contribution in [2.75, 3.05) is 28.0 Å². The van der Waals surface area contributed by atoms with E-state index in [0.29, 0.717) is 12.3 Å². The minimum absolute atomic E-state index is 0.0237. The van der Waals surface area contributed by atoms with Gasteiger partial charge in [0.2, 0.25) is 0 Å². The van der Waals surface area contributed by atoms with Crippen molar-refractivity contribution in [1.29, 1.82) is 0 Å². The second kappa shape index (κ2) is 9.41. The summed E-state index contributed by atoms with van der Waals surface area (Å²) in [7, 11) is 1.15. The van der Waals surface area contributed by atoms with Crippen LogP contribution in [0.3, 0.4) is 0 Å². The molecule has 0 aromatic carbocycles. The fraction of sp³-hybridized carbons (Fsp3) is 0.524. The normalized spacial score (nSPS) is 14.0. The molecule has 0 aliphatic carbocycles. The summed E-state index contributed by atoms with van der Waals surface area (Å²) in [5.74, 6) is -3.13. The van der Waals surface area contributed by atoms with Gasteiger partial charge in [-0.25, -0.2) is 9.59 Å². The Bertz CT molecular complexity index is 1000. The van der Waals surface area contributed by atoms with Crippen LogP contribution in [0, 0.1) is 11.8 Å². The molecule has 1 unspecified atom stereocenters. The summed E-state index contributed by atoms with van der Waals surface area (Å²) < 4.78 is 26.6. The number of benzene rings is 1. The number of hydrogen-bond acceptors (Lipinski definition) is 9. The molecule has 0 saturated carbocycles. The Balaban J connectivity index is 1.67. The van der Waals surface area contributed by atoms with Crippen LogP contribution in [0.5, 0.6) is 11.5 Å². The molecular weight excluding hydrogens is 523 g/mol. The van der Waals surface area contributed by atoms with E-state index >= 15 is 0 Å². The molecule has 2 bridgehead atoms. The van der Waals surface area contributed by atoms with Gasteiger partial charge in [0.1, 0.15) is 0 Å². The number of rotatable bonds is 10. The van der Waals surface area contributed by atoms with Gasteiger partial charge in [-0.05, 0) is 0 Å². The third-order valence-electron chi connectivity index (χ3n) is 4.79. The van der Waals surface area contributed by atoms with Gasteiger partial charge in [0.05, 0.1) is 7.11 Å². The van der Waals surface area contributed by atoms with Crippen LogP contribution >= 0.6 is 19.8 Å². The van der Waals surface area contributed by atoms with Crippen molar-refractivity contribution in [1.82, 2.24) is 0 Å².